The van der Waals surface area contributed by atoms with Gasteiger partial charge in [0.25, 0.3) is 5.91 Å². The van der Waals surface area contributed by atoms with Crippen molar-refractivity contribution in [2.24, 2.45) is 5.92 Å². The number of ether oxygens (including phenoxy) is 1. The van der Waals surface area contributed by atoms with E-state index in [-0.39, 0.29) is 30.5 Å². The van der Waals surface area contributed by atoms with Crippen LogP contribution in [0.15, 0.2) is 71.2 Å². The number of carbonyl (C=O) groups is 3. The lowest BCUT2D eigenvalue weighted by molar-refractivity contribution is -0.126. The van der Waals surface area contributed by atoms with Crippen LogP contribution in [-0.2, 0) is 20.9 Å². The Morgan fingerprint density at radius 1 is 1.08 bits per heavy atom. The molecule has 0 saturated carbocycles. The summed E-state index contributed by atoms with van der Waals surface area (Å²) in [5.74, 6) is -1.35. The standard InChI is InChI=1S/C27H25BrFN3O4/c1-17-2-4-18(5-3-17)14-30-27(35)19-12-26(34)32(15-19)21-7-9-22(10-8-21)36-16-25(33)31-24-11-6-20(28)13-23(24)29/h2-11,13,19H,12,14-16H2,1H3,(H,30,35)(H,31,33)/t19-/m0/s1. The first kappa shape index (κ1) is 25.4. The molecular weight excluding hydrogens is 529 g/mol. The molecule has 1 atom stereocenters. The molecule has 36 heavy (non-hydrogen) atoms. The summed E-state index contributed by atoms with van der Waals surface area (Å²) in [6, 6.07) is 18.9. The zero-order valence-electron chi connectivity index (χ0n) is 19.6. The Morgan fingerprint density at radius 3 is 2.50 bits per heavy atom. The molecule has 9 heteroatoms. The summed E-state index contributed by atoms with van der Waals surface area (Å²) >= 11 is 3.16. The van der Waals surface area contributed by atoms with Gasteiger partial charge in [0, 0.05) is 29.7 Å². The number of hydrogen-bond acceptors (Lipinski definition) is 4. The molecule has 0 aromatic heterocycles. The van der Waals surface area contributed by atoms with Crippen molar-refractivity contribution in [1.82, 2.24) is 5.32 Å². The van der Waals surface area contributed by atoms with Crippen LogP contribution in [0.1, 0.15) is 17.5 Å². The first-order valence-electron chi connectivity index (χ1n) is 11.4. The van der Waals surface area contributed by atoms with E-state index in [9.17, 15) is 18.8 Å². The second kappa shape index (κ2) is 11.3. The van der Waals surface area contributed by atoms with Gasteiger partial charge in [-0.3, -0.25) is 14.4 Å². The fourth-order valence-corrected chi connectivity index (χ4v) is 4.15. The number of nitrogens with zero attached hydrogens (tertiary/aromatic N) is 1. The van der Waals surface area contributed by atoms with E-state index in [1.165, 1.54) is 12.1 Å². The van der Waals surface area contributed by atoms with Gasteiger partial charge in [0.2, 0.25) is 11.8 Å². The maximum atomic E-state index is 13.9. The smallest absolute Gasteiger partial charge is 0.262 e. The topological polar surface area (TPSA) is 87.7 Å². The fraction of sp³-hybridized carbons (Fsp3) is 0.222. The van der Waals surface area contributed by atoms with E-state index >= 15 is 0 Å². The van der Waals surface area contributed by atoms with Gasteiger partial charge in [0.15, 0.2) is 6.61 Å². The summed E-state index contributed by atoms with van der Waals surface area (Å²) in [6.45, 7) is 2.41. The molecule has 1 aliphatic heterocycles. The van der Waals surface area contributed by atoms with Crippen molar-refractivity contribution in [3.05, 3.63) is 88.1 Å². The van der Waals surface area contributed by atoms with Crippen molar-refractivity contribution in [2.75, 3.05) is 23.4 Å². The van der Waals surface area contributed by atoms with Crippen molar-refractivity contribution in [1.29, 1.82) is 0 Å². The Hall–Kier alpha value is -3.72. The average molecular weight is 554 g/mol. The van der Waals surface area contributed by atoms with Gasteiger partial charge in [-0.25, -0.2) is 4.39 Å². The molecule has 4 rings (SSSR count). The Kier molecular flexibility index (Phi) is 8.00. The van der Waals surface area contributed by atoms with E-state index in [4.69, 9.17) is 4.74 Å². The molecular formula is C27H25BrFN3O4. The molecule has 0 spiro atoms. The van der Waals surface area contributed by atoms with Crippen molar-refractivity contribution < 1.29 is 23.5 Å². The lowest BCUT2D eigenvalue weighted by atomic mass is 10.1. The minimum Gasteiger partial charge on any atom is -0.484 e. The molecule has 0 radical (unpaired) electrons. The highest BCUT2D eigenvalue weighted by Gasteiger charge is 2.35. The van der Waals surface area contributed by atoms with Crippen molar-refractivity contribution in [3.63, 3.8) is 0 Å². The molecule has 7 nitrogen and oxygen atoms in total. The lowest BCUT2D eigenvalue weighted by Gasteiger charge is -2.17. The van der Waals surface area contributed by atoms with Gasteiger partial charge in [-0.1, -0.05) is 45.8 Å². The molecule has 2 N–H and O–H groups in total. The van der Waals surface area contributed by atoms with Crippen LogP contribution < -0.4 is 20.3 Å². The summed E-state index contributed by atoms with van der Waals surface area (Å²) < 4.78 is 19.9. The van der Waals surface area contributed by atoms with E-state index in [1.54, 1.807) is 35.2 Å². The van der Waals surface area contributed by atoms with Crippen LogP contribution in [0.5, 0.6) is 5.75 Å². The van der Waals surface area contributed by atoms with E-state index in [2.05, 4.69) is 26.6 Å². The molecule has 0 bridgehead atoms. The predicted octanol–water partition coefficient (Wildman–Crippen LogP) is 4.58. The Labute approximate surface area is 216 Å². The summed E-state index contributed by atoms with van der Waals surface area (Å²) in [6.07, 6.45) is 0.144. The molecule has 186 valence electrons. The third-order valence-electron chi connectivity index (χ3n) is 5.81. The lowest BCUT2D eigenvalue weighted by Crippen LogP contribution is -2.32. The second-order valence-corrected chi connectivity index (χ2v) is 9.48. The minimum atomic E-state index is -0.556. The van der Waals surface area contributed by atoms with Crippen molar-refractivity contribution in [2.45, 2.75) is 19.9 Å². The Morgan fingerprint density at radius 2 is 1.81 bits per heavy atom. The second-order valence-electron chi connectivity index (χ2n) is 8.56. The first-order valence-corrected chi connectivity index (χ1v) is 12.2. The number of nitrogens with one attached hydrogen (secondary N) is 2. The van der Waals surface area contributed by atoms with Crippen LogP contribution in [0.3, 0.4) is 0 Å². The number of carbonyl (C=O) groups excluding carboxylic acids is 3. The Balaban J connectivity index is 1.27. The van der Waals surface area contributed by atoms with Crippen LogP contribution in [0.25, 0.3) is 0 Å². The van der Waals surface area contributed by atoms with Gasteiger partial charge < -0.3 is 20.3 Å². The van der Waals surface area contributed by atoms with Crippen molar-refractivity contribution in [3.8, 4) is 5.75 Å². The van der Waals surface area contributed by atoms with E-state index in [0.29, 0.717) is 29.0 Å². The van der Waals surface area contributed by atoms with Gasteiger partial charge in [-0.2, -0.15) is 0 Å². The van der Waals surface area contributed by atoms with Gasteiger partial charge in [0.05, 0.1) is 11.6 Å². The van der Waals surface area contributed by atoms with E-state index < -0.39 is 17.6 Å². The molecule has 1 aliphatic rings. The largest absolute Gasteiger partial charge is 0.484 e. The molecule has 1 fully saturated rings. The summed E-state index contributed by atoms with van der Waals surface area (Å²) in [7, 11) is 0. The third kappa shape index (κ3) is 6.48. The number of rotatable bonds is 8. The number of amides is 3. The zero-order valence-corrected chi connectivity index (χ0v) is 21.2. The number of halogens is 2. The first-order chi connectivity index (χ1) is 17.3. The monoisotopic (exact) mass is 553 g/mol. The highest BCUT2D eigenvalue weighted by atomic mass is 79.9. The van der Waals surface area contributed by atoms with Crippen LogP contribution >= 0.6 is 15.9 Å². The molecule has 1 heterocycles. The molecule has 0 aliphatic carbocycles. The molecule has 3 amide bonds. The van der Waals surface area contributed by atoms with Crippen LogP contribution in [0.4, 0.5) is 15.8 Å². The minimum absolute atomic E-state index is 0.0622. The van der Waals surface area contributed by atoms with Gasteiger partial charge >= 0.3 is 0 Å². The number of aryl methyl sites for hydroxylation is 1. The molecule has 0 unspecified atom stereocenters. The average Bonchev–Trinajstić information content (AvgIpc) is 3.26. The van der Waals surface area contributed by atoms with E-state index in [1.807, 2.05) is 31.2 Å². The zero-order chi connectivity index (χ0) is 25.7. The van der Waals surface area contributed by atoms with E-state index in [0.717, 1.165) is 11.1 Å². The summed E-state index contributed by atoms with van der Waals surface area (Å²) in [5.41, 5.74) is 2.86. The normalized spacial score (nSPS) is 15.0. The molecule has 1 saturated heterocycles. The highest BCUT2D eigenvalue weighted by molar-refractivity contribution is 9.10. The highest BCUT2D eigenvalue weighted by Crippen LogP contribution is 2.27. The number of hydrogen-bond donors (Lipinski definition) is 2. The Bertz CT molecular complexity index is 1270. The number of anilines is 2. The maximum absolute atomic E-state index is 13.9. The fourth-order valence-electron chi connectivity index (χ4n) is 3.82. The SMILES string of the molecule is Cc1ccc(CNC(=O)[C@H]2CC(=O)N(c3ccc(OCC(=O)Nc4ccc(Br)cc4F)cc3)C2)cc1. The van der Waals surface area contributed by atoms with Crippen LogP contribution in [-0.4, -0.2) is 30.9 Å². The van der Waals surface area contributed by atoms with Crippen LogP contribution in [0, 0.1) is 18.7 Å². The quantitative estimate of drug-likeness (QED) is 0.427. The van der Waals surface area contributed by atoms with Gasteiger partial charge in [-0.15, -0.1) is 0 Å². The number of benzene rings is 3. The molecule has 3 aromatic rings. The molecule has 3 aromatic carbocycles. The third-order valence-corrected chi connectivity index (χ3v) is 6.30. The van der Waals surface area contributed by atoms with Crippen molar-refractivity contribution >= 4 is 45.0 Å². The summed E-state index contributed by atoms with van der Waals surface area (Å²) in [5, 5.41) is 5.37. The van der Waals surface area contributed by atoms with Crippen LogP contribution in [0.2, 0.25) is 0 Å². The predicted molar refractivity (Wildman–Crippen MR) is 138 cm³/mol. The van der Waals surface area contributed by atoms with Gasteiger partial charge in [0.1, 0.15) is 11.6 Å². The van der Waals surface area contributed by atoms with Gasteiger partial charge in [-0.05, 0) is 55.0 Å². The summed E-state index contributed by atoms with van der Waals surface area (Å²) in [4.78, 5) is 38.8. The maximum Gasteiger partial charge on any atom is 0.262 e.